The molecule has 0 unspecified atom stereocenters. The molecule has 0 spiro atoms. The monoisotopic (exact) mass is 357 g/mol. The van der Waals surface area contributed by atoms with E-state index in [1.165, 1.54) is 6.07 Å². The van der Waals surface area contributed by atoms with Gasteiger partial charge in [0.25, 0.3) is 0 Å². The topological polar surface area (TPSA) is 55.4 Å². The standard InChI is InChI=1S/C16H11ClF3NO3/c1-9-3-2-4-10(7-9)12-6-5-11(17)8-13(12)21-15(23)24-14(22)16(18,19)20/h2-8H,1H3,(H,21,23). The number of aryl methyl sites for hydroxylation is 1. The van der Waals surface area contributed by atoms with Crippen molar-refractivity contribution in [3.63, 3.8) is 0 Å². The molecule has 2 aromatic rings. The number of hydrogen-bond acceptors (Lipinski definition) is 3. The van der Waals surface area contributed by atoms with Gasteiger partial charge in [-0.15, -0.1) is 0 Å². The summed E-state index contributed by atoms with van der Waals surface area (Å²) in [5, 5.41) is 2.36. The van der Waals surface area contributed by atoms with E-state index in [1.54, 1.807) is 24.3 Å². The van der Waals surface area contributed by atoms with E-state index in [4.69, 9.17) is 11.6 Å². The molecule has 0 saturated heterocycles. The lowest BCUT2D eigenvalue weighted by molar-refractivity contribution is -0.192. The molecule has 0 aliphatic heterocycles. The number of ether oxygens (including phenoxy) is 1. The third kappa shape index (κ3) is 4.48. The number of halogens is 4. The van der Waals surface area contributed by atoms with Gasteiger partial charge in [0.15, 0.2) is 0 Å². The number of rotatable bonds is 2. The first kappa shape index (κ1) is 17.8. The summed E-state index contributed by atoms with van der Waals surface area (Å²) in [4.78, 5) is 22.2. The van der Waals surface area contributed by atoms with E-state index in [0.717, 1.165) is 5.56 Å². The number of nitrogens with one attached hydrogen (secondary N) is 1. The summed E-state index contributed by atoms with van der Waals surface area (Å²) in [6, 6.07) is 11.7. The van der Waals surface area contributed by atoms with Gasteiger partial charge in [0.2, 0.25) is 0 Å². The Morgan fingerprint density at radius 3 is 2.46 bits per heavy atom. The van der Waals surface area contributed by atoms with E-state index in [-0.39, 0.29) is 10.7 Å². The molecule has 0 atom stereocenters. The molecular formula is C16H11ClF3NO3. The van der Waals surface area contributed by atoms with Crippen LogP contribution in [0.2, 0.25) is 5.02 Å². The summed E-state index contributed by atoms with van der Waals surface area (Å²) < 4.78 is 40.1. The second-order valence-electron chi connectivity index (χ2n) is 4.86. The van der Waals surface area contributed by atoms with Gasteiger partial charge >= 0.3 is 18.2 Å². The molecule has 4 nitrogen and oxygen atoms in total. The van der Waals surface area contributed by atoms with Crippen molar-refractivity contribution in [2.45, 2.75) is 13.1 Å². The molecular weight excluding hydrogens is 347 g/mol. The first-order valence-corrected chi connectivity index (χ1v) is 7.01. The van der Waals surface area contributed by atoms with Gasteiger partial charge in [-0.1, -0.05) is 47.5 Å². The van der Waals surface area contributed by atoms with Crippen molar-refractivity contribution in [2.24, 2.45) is 0 Å². The third-order valence-electron chi connectivity index (χ3n) is 2.96. The summed E-state index contributed by atoms with van der Waals surface area (Å²) in [5.41, 5.74) is 2.29. The zero-order valence-electron chi connectivity index (χ0n) is 12.3. The van der Waals surface area contributed by atoms with Crippen molar-refractivity contribution >= 4 is 29.4 Å². The lowest BCUT2D eigenvalue weighted by Gasteiger charge is -2.12. The zero-order valence-corrected chi connectivity index (χ0v) is 13.0. The fourth-order valence-electron chi connectivity index (χ4n) is 1.96. The number of esters is 1. The first-order valence-electron chi connectivity index (χ1n) is 6.63. The van der Waals surface area contributed by atoms with Crippen LogP contribution in [0.5, 0.6) is 0 Å². The molecule has 126 valence electrons. The molecule has 8 heteroatoms. The van der Waals surface area contributed by atoms with Gasteiger partial charge in [0.05, 0.1) is 5.69 Å². The number of amides is 1. The van der Waals surface area contributed by atoms with Gasteiger partial charge in [-0.05, 0) is 24.6 Å². The van der Waals surface area contributed by atoms with Gasteiger partial charge in [0.1, 0.15) is 0 Å². The van der Waals surface area contributed by atoms with Gasteiger partial charge in [-0.3, -0.25) is 5.32 Å². The molecule has 24 heavy (non-hydrogen) atoms. The van der Waals surface area contributed by atoms with Crippen molar-refractivity contribution in [1.29, 1.82) is 0 Å². The fraction of sp³-hybridized carbons (Fsp3) is 0.125. The van der Waals surface area contributed by atoms with E-state index in [0.29, 0.717) is 11.1 Å². The highest BCUT2D eigenvalue weighted by atomic mass is 35.5. The highest BCUT2D eigenvalue weighted by Crippen LogP contribution is 2.31. The van der Waals surface area contributed by atoms with Crippen LogP contribution in [0.3, 0.4) is 0 Å². The Labute approximate surface area is 140 Å². The van der Waals surface area contributed by atoms with Crippen molar-refractivity contribution in [3.8, 4) is 11.1 Å². The highest BCUT2D eigenvalue weighted by Gasteiger charge is 2.42. The minimum Gasteiger partial charge on any atom is -0.369 e. The van der Waals surface area contributed by atoms with Crippen LogP contribution in [-0.2, 0) is 9.53 Å². The number of carbonyl (C=O) groups excluding carboxylic acids is 2. The lowest BCUT2D eigenvalue weighted by Crippen LogP contribution is -2.30. The van der Waals surface area contributed by atoms with E-state index < -0.39 is 18.2 Å². The quantitative estimate of drug-likeness (QED) is 0.611. The molecule has 0 fully saturated rings. The average molecular weight is 358 g/mol. The molecule has 1 amide bonds. The Morgan fingerprint density at radius 2 is 1.83 bits per heavy atom. The molecule has 1 N–H and O–H groups in total. The Kier molecular flexibility index (Phi) is 5.14. The molecule has 0 saturated carbocycles. The number of alkyl halides is 3. The molecule has 0 radical (unpaired) electrons. The fourth-order valence-corrected chi connectivity index (χ4v) is 2.13. The van der Waals surface area contributed by atoms with Crippen LogP contribution in [0.25, 0.3) is 11.1 Å². The SMILES string of the molecule is Cc1cccc(-c2ccc(Cl)cc2NC(=O)OC(=O)C(F)(F)F)c1. The van der Waals surface area contributed by atoms with Crippen LogP contribution in [0.15, 0.2) is 42.5 Å². The summed E-state index contributed by atoms with van der Waals surface area (Å²) in [5.74, 6) is -2.60. The Morgan fingerprint density at radius 1 is 1.12 bits per heavy atom. The lowest BCUT2D eigenvalue weighted by atomic mass is 10.0. The first-order chi connectivity index (χ1) is 11.2. The van der Waals surface area contributed by atoms with Crippen LogP contribution < -0.4 is 5.32 Å². The second kappa shape index (κ2) is 6.92. The second-order valence-corrected chi connectivity index (χ2v) is 5.30. The molecule has 0 aliphatic rings. The molecule has 0 aliphatic carbocycles. The van der Waals surface area contributed by atoms with E-state index in [1.807, 2.05) is 19.1 Å². The van der Waals surface area contributed by atoms with Crippen LogP contribution in [0.1, 0.15) is 5.56 Å². The van der Waals surface area contributed by atoms with Gasteiger partial charge < -0.3 is 4.74 Å². The largest absolute Gasteiger partial charge is 0.491 e. The Hall–Kier alpha value is -2.54. The normalized spacial score (nSPS) is 11.0. The van der Waals surface area contributed by atoms with Crippen LogP contribution in [0.4, 0.5) is 23.7 Å². The maximum Gasteiger partial charge on any atom is 0.491 e. The highest BCUT2D eigenvalue weighted by molar-refractivity contribution is 6.31. The zero-order chi connectivity index (χ0) is 17.9. The summed E-state index contributed by atoms with van der Waals surface area (Å²) >= 11 is 5.86. The smallest absolute Gasteiger partial charge is 0.369 e. The Bertz CT molecular complexity index is 790. The van der Waals surface area contributed by atoms with Crippen LogP contribution >= 0.6 is 11.6 Å². The Balaban J connectivity index is 2.28. The molecule has 2 aromatic carbocycles. The number of benzene rings is 2. The van der Waals surface area contributed by atoms with Crippen LogP contribution in [0, 0.1) is 6.92 Å². The summed E-state index contributed by atoms with van der Waals surface area (Å²) in [6.45, 7) is 1.86. The third-order valence-corrected chi connectivity index (χ3v) is 3.20. The van der Waals surface area contributed by atoms with E-state index in [9.17, 15) is 22.8 Å². The number of hydrogen-bond donors (Lipinski definition) is 1. The number of carbonyl (C=O) groups is 2. The predicted molar refractivity (Wildman–Crippen MR) is 82.8 cm³/mol. The average Bonchev–Trinajstić information content (AvgIpc) is 2.46. The summed E-state index contributed by atoms with van der Waals surface area (Å²) in [7, 11) is 0. The van der Waals surface area contributed by atoms with Crippen molar-refractivity contribution in [2.75, 3.05) is 5.32 Å². The van der Waals surface area contributed by atoms with E-state index in [2.05, 4.69) is 10.1 Å². The maximum atomic E-state index is 12.1. The molecule has 0 aromatic heterocycles. The minimum absolute atomic E-state index is 0.119. The maximum absolute atomic E-state index is 12.1. The predicted octanol–water partition coefficient (Wildman–Crippen LogP) is 4.95. The van der Waals surface area contributed by atoms with Gasteiger partial charge in [0, 0.05) is 10.6 Å². The van der Waals surface area contributed by atoms with E-state index >= 15 is 0 Å². The molecule has 0 bridgehead atoms. The molecule has 2 rings (SSSR count). The number of anilines is 1. The van der Waals surface area contributed by atoms with Crippen molar-refractivity contribution < 1.29 is 27.5 Å². The molecule has 0 heterocycles. The van der Waals surface area contributed by atoms with Crippen molar-refractivity contribution in [1.82, 2.24) is 0 Å². The summed E-state index contributed by atoms with van der Waals surface area (Å²) in [6.07, 6.45) is -6.81. The van der Waals surface area contributed by atoms with Crippen LogP contribution in [-0.4, -0.2) is 18.2 Å². The van der Waals surface area contributed by atoms with Gasteiger partial charge in [-0.25, -0.2) is 9.59 Å². The van der Waals surface area contributed by atoms with Gasteiger partial charge in [-0.2, -0.15) is 13.2 Å². The van der Waals surface area contributed by atoms with Crippen molar-refractivity contribution in [3.05, 3.63) is 53.1 Å². The minimum atomic E-state index is -5.26.